The summed E-state index contributed by atoms with van der Waals surface area (Å²) in [6.07, 6.45) is -12.0. The molecular formula is C26H32F6N2O6. The molecule has 2 aliphatic rings. The van der Waals surface area contributed by atoms with Crippen molar-refractivity contribution in [2.24, 2.45) is 5.92 Å². The zero-order chi connectivity index (χ0) is 30.4. The quantitative estimate of drug-likeness (QED) is 0.409. The molecule has 3 rings (SSSR count). The summed E-state index contributed by atoms with van der Waals surface area (Å²) in [5.41, 5.74) is -5.30. The number of carbonyl (C=O) groups excluding carboxylic acids is 2. The predicted molar refractivity (Wildman–Crippen MR) is 128 cm³/mol. The number of carbonyl (C=O) groups is 3. The molecule has 1 aromatic rings. The second-order valence-electron chi connectivity index (χ2n) is 11.4. The van der Waals surface area contributed by atoms with E-state index in [1.54, 1.807) is 20.8 Å². The van der Waals surface area contributed by atoms with Crippen molar-refractivity contribution in [1.29, 1.82) is 0 Å². The van der Waals surface area contributed by atoms with Gasteiger partial charge in [-0.15, -0.1) is 0 Å². The van der Waals surface area contributed by atoms with Gasteiger partial charge in [0, 0.05) is 18.6 Å². The van der Waals surface area contributed by atoms with Crippen LogP contribution in [0.1, 0.15) is 70.1 Å². The number of likely N-dealkylation sites (tertiary alicyclic amines) is 1. The summed E-state index contributed by atoms with van der Waals surface area (Å²) in [5.74, 6) is -1.37. The first-order valence-corrected chi connectivity index (χ1v) is 12.5. The molecule has 1 aromatic carbocycles. The first kappa shape index (κ1) is 31.3. The van der Waals surface area contributed by atoms with E-state index in [1.165, 1.54) is 4.90 Å². The molecule has 1 aliphatic heterocycles. The number of alkyl halides is 6. The Morgan fingerprint density at radius 2 is 1.55 bits per heavy atom. The molecule has 0 bridgehead atoms. The number of methoxy groups -OCH3 is 1. The van der Waals surface area contributed by atoms with E-state index in [-0.39, 0.29) is 24.8 Å². The fraction of sp³-hybridized carbons (Fsp3) is 0.654. The standard InChI is InChI=1S/C26H32F6N2O6/c1-14-11-24(14)12-19(9-18(10-20(35)36)34(24)22(38)40-23(2,3)4)33(21(37)39-5)13-15-6-16(25(27,28)29)8-17(7-15)26(30,31)32/h6-8,14,18-19H,9-13H2,1-5H3,(H,35,36)/t14-,18-,19-,24?/m1/s1. The van der Waals surface area contributed by atoms with Crippen LogP contribution in [0.15, 0.2) is 18.2 Å². The van der Waals surface area contributed by atoms with Crippen LogP contribution in [0.25, 0.3) is 0 Å². The maximum atomic E-state index is 13.4. The van der Waals surface area contributed by atoms with Gasteiger partial charge >= 0.3 is 30.5 Å². The summed E-state index contributed by atoms with van der Waals surface area (Å²) in [5, 5.41) is 9.59. The zero-order valence-electron chi connectivity index (χ0n) is 22.7. The second-order valence-corrected chi connectivity index (χ2v) is 11.4. The van der Waals surface area contributed by atoms with Crippen molar-refractivity contribution < 1.29 is 55.3 Å². The highest BCUT2D eigenvalue weighted by Gasteiger charge is 2.63. The number of carboxylic acids is 1. The van der Waals surface area contributed by atoms with Crippen LogP contribution >= 0.6 is 0 Å². The minimum atomic E-state index is -5.08. The summed E-state index contributed by atoms with van der Waals surface area (Å²) in [6, 6.07) is -0.759. The number of nitrogens with zero attached hydrogens (tertiary/aromatic N) is 2. The monoisotopic (exact) mass is 582 g/mol. The number of hydrogen-bond donors (Lipinski definition) is 1. The lowest BCUT2D eigenvalue weighted by Crippen LogP contribution is -2.60. The number of ether oxygens (including phenoxy) is 2. The smallest absolute Gasteiger partial charge is 0.416 e. The fourth-order valence-electron chi connectivity index (χ4n) is 5.49. The summed E-state index contributed by atoms with van der Waals surface area (Å²) >= 11 is 0. The Kier molecular flexibility index (Phi) is 8.35. The molecule has 40 heavy (non-hydrogen) atoms. The number of halogens is 6. The highest BCUT2D eigenvalue weighted by molar-refractivity contribution is 5.74. The molecule has 4 atom stereocenters. The van der Waals surface area contributed by atoms with Crippen LogP contribution < -0.4 is 0 Å². The Morgan fingerprint density at radius 3 is 1.95 bits per heavy atom. The third-order valence-corrected chi connectivity index (χ3v) is 7.25. The molecule has 2 fully saturated rings. The minimum absolute atomic E-state index is 0.00490. The van der Waals surface area contributed by atoms with Gasteiger partial charge in [-0.3, -0.25) is 9.69 Å². The fourth-order valence-corrected chi connectivity index (χ4v) is 5.49. The second kappa shape index (κ2) is 10.7. The van der Waals surface area contributed by atoms with Gasteiger partial charge in [0.1, 0.15) is 5.60 Å². The van der Waals surface area contributed by atoms with Crippen molar-refractivity contribution >= 4 is 18.2 Å². The van der Waals surface area contributed by atoms with Gasteiger partial charge < -0.3 is 19.5 Å². The first-order valence-electron chi connectivity index (χ1n) is 12.5. The number of amides is 2. The van der Waals surface area contributed by atoms with E-state index >= 15 is 0 Å². The molecule has 224 valence electrons. The van der Waals surface area contributed by atoms with E-state index in [9.17, 15) is 45.8 Å². The van der Waals surface area contributed by atoms with E-state index in [1.807, 2.05) is 6.92 Å². The highest BCUT2D eigenvalue weighted by atomic mass is 19.4. The molecule has 1 heterocycles. The lowest BCUT2D eigenvalue weighted by molar-refractivity contribution is -0.143. The van der Waals surface area contributed by atoms with Gasteiger partial charge in [0.15, 0.2) is 0 Å². The number of benzene rings is 1. The van der Waals surface area contributed by atoms with Gasteiger partial charge in [-0.05, 0) is 69.7 Å². The van der Waals surface area contributed by atoms with E-state index in [0.29, 0.717) is 18.6 Å². The van der Waals surface area contributed by atoms with Crippen molar-refractivity contribution in [2.75, 3.05) is 7.11 Å². The van der Waals surface area contributed by atoms with E-state index in [4.69, 9.17) is 9.47 Å². The van der Waals surface area contributed by atoms with Gasteiger partial charge in [-0.25, -0.2) is 9.59 Å². The summed E-state index contributed by atoms with van der Waals surface area (Å²) < 4.78 is 91.0. The maximum absolute atomic E-state index is 13.4. The van der Waals surface area contributed by atoms with E-state index in [2.05, 4.69) is 0 Å². The number of rotatable bonds is 5. The van der Waals surface area contributed by atoms with Crippen molar-refractivity contribution in [1.82, 2.24) is 9.80 Å². The van der Waals surface area contributed by atoms with Gasteiger partial charge in [-0.2, -0.15) is 26.3 Å². The van der Waals surface area contributed by atoms with Crippen LogP contribution in [0.2, 0.25) is 0 Å². The summed E-state index contributed by atoms with van der Waals surface area (Å²) in [4.78, 5) is 40.2. The molecule has 1 spiro atoms. The zero-order valence-corrected chi connectivity index (χ0v) is 22.7. The van der Waals surface area contributed by atoms with Gasteiger partial charge in [-0.1, -0.05) is 6.92 Å². The van der Waals surface area contributed by atoms with Crippen LogP contribution in [-0.2, 0) is 33.2 Å². The third-order valence-electron chi connectivity index (χ3n) is 7.25. The number of hydrogen-bond acceptors (Lipinski definition) is 5. The molecule has 0 radical (unpaired) electrons. The largest absolute Gasteiger partial charge is 0.481 e. The van der Waals surface area contributed by atoms with Crippen LogP contribution in [0, 0.1) is 5.92 Å². The molecule has 1 aliphatic carbocycles. The number of piperidine rings is 1. The number of carboxylic acid groups (broad SMARTS) is 1. The van der Waals surface area contributed by atoms with E-state index < -0.39 is 83.4 Å². The van der Waals surface area contributed by atoms with Crippen LogP contribution in [0.3, 0.4) is 0 Å². The normalized spacial score (nSPS) is 25.0. The highest BCUT2D eigenvalue weighted by Crippen LogP contribution is 2.56. The van der Waals surface area contributed by atoms with Crippen molar-refractivity contribution in [2.45, 2.75) is 95.5 Å². The molecule has 1 saturated carbocycles. The molecular weight excluding hydrogens is 550 g/mol. The Balaban J connectivity index is 2.03. The van der Waals surface area contributed by atoms with Crippen molar-refractivity contribution in [3.05, 3.63) is 34.9 Å². The Bertz CT molecular complexity index is 1120. The van der Waals surface area contributed by atoms with Crippen molar-refractivity contribution in [3.63, 3.8) is 0 Å². The molecule has 14 heteroatoms. The molecule has 1 N–H and O–H groups in total. The van der Waals surface area contributed by atoms with Crippen LogP contribution in [0.4, 0.5) is 35.9 Å². The summed E-state index contributed by atoms with van der Waals surface area (Å²) in [7, 11) is 1.02. The third kappa shape index (κ3) is 6.92. The maximum Gasteiger partial charge on any atom is 0.416 e. The average Bonchev–Trinajstić information content (AvgIpc) is 3.41. The summed E-state index contributed by atoms with van der Waals surface area (Å²) in [6.45, 7) is 6.10. The molecule has 0 aromatic heterocycles. The molecule has 2 amide bonds. The molecule has 8 nitrogen and oxygen atoms in total. The first-order chi connectivity index (χ1) is 18.2. The predicted octanol–water partition coefficient (Wildman–Crippen LogP) is 6.31. The average molecular weight is 583 g/mol. The Hall–Kier alpha value is -3.19. The molecule has 1 saturated heterocycles. The SMILES string of the molecule is COC(=O)N(Cc1cc(C(F)(F)F)cc(C(F)(F)F)c1)[C@@H]1C[C@H](CC(=O)O)N(C(=O)OC(C)(C)C)C2(C1)C[C@H]2C. The topological polar surface area (TPSA) is 96.4 Å². The van der Waals surface area contributed by atoms with E-state index in [0.717, 1.165) is 12.0 Å². The Morgan fingerprint density at radius 1 is 1.02 bits per heavy atom. The lowest BCUT2D eigenvalue weighted by Gasteiger charge is -2.48. The number of aliphatic carboxylic acids is 1. The lowest BCUT2D eigenvalue weighted by atomic mass is 9.85. The minimum Gasteiger partial charge on any atom is -0.481 e. The van der Waals surface area contributed by atoms with Crippen LogP contribution in [0.5, 0.6) is 0 Å². The van der Waals surface area contributed by atoms with Gasteiger partial charge in [0.25, 0.3) is 0 Å². The van der Waals surface area contributed by atoms with Crippen molar-refractivity contribution in [3.8, 4) is 0 Å². The Labute approximate surface area is 227 Å². The molecule has 1 unspecified atom stereocenters. The van der Waals surface area contributed by atoms with Gasteiger partial charge in [0.05, 0.1) is 30.2 Å². The van der Waals surface area contributed by atoms with Crippen LogP contribution in [-0.4, -0.2) is 63.4 Å². The van der Waals surface area contributed by atoms with Gasteiger partial charge in [0.2, 0.25) is 0 Å².